The Morgan fingerprint density at radius 2 is 1.76 bits per heavy atom. The Hall–Kier alpha value is -2.51. The quantitative estimate of drug-likeness (QED) is 0.416. The van der Waals surface area contributed by atoms with E-state index in [9.17, 15) is 14.0 Å². The van der Waals surface area contributed by atoms with Crippen LogP contribution >= 0.6 is 10.7 Å². The molecule has 0 aliphatic heterocycles. The van der Waals surface area contributed by atoms with Crippen LogP contribution < -0.4 is 4.72 Å². The van der Waals surface area contributed by atoms with Crippen LogP contribution in [0, 0.1) is 26.6 Å². The van der Waals surface area contributed by atoms with E-state index < -0.39 is 40.2 Å². The number of halogens is 1. The summed E-state index contributed by atoms with van der Waals surface area (Å²) < 4.78 is 28.7. The molecule has 0 aliphatic carbocycles. The third-order valence-electron chi connectivity index (χ3n) is 5.42. The maximum atomic E-state index is 14.9. The molecular weight excluding hydrogens is 441 g/mol. The molecule has 3 atom stereocenters. The first-order valence-corrected chi connectivity index (χ1v) is 12.1. The lowest BCUT2D eigenvalue weighted by Crippen LogP contribution is -2.43. The summed E-state index contributed by atoms with van der Waals surface area (Å²) in [6.07, 6.45) is 0. The van der Waals surface area contributed by atoms with Gasteiger partial charge < -0.3 is 9.47 Å². The number of benzene rings is 2. The lowest BCUT2D eigenvalue weighted by molar-refractivity contribution is -0.157. The van der Waals surface area contributed by atoms with Gasteiger partial charge in [-0.3, -0.25) is 9.52 Å². The van der Waals surface area contributed by atoms with E-state index in [-0.39, 0.29) is 5.82 Å². The number of carbonyl (C=O) groups excluding carboxylic acids is 2. The predicted molar refractivity (Wildman–Crippen MR) is 133 cm³/mol. The van der Waals surface area contributed by atoms with Gasteiger partial charge in [-0.1, -0.05) is 41.2 Å². The van der Waals surface area contributed by atoms with Gasteiger partial charge in [-0.25, -0.2) is 9.18 Å². The van der Waals surface area contributed by atoms with Gasteiger partial charge in [-0.2, -0.15) is 0 Å². The lowest BCUT2D eigenvalue weighted by atomic mass is 9.88. The van der Waals surface area contributed by atoms with E-state index in [1.54, 1.807) is 45.9 Å². The summed E-state index contributed by atoms with van der Waals surface area (Å²) in [7, 11) is 0.326. The van der Waals surface area contributed by atoms with Gasteiger partial charge in [0, 0.05) is 10.8 Å². The zero-order chi connectivity index (χ0) is 25.1. The average Bonchev–Trinajstić information content (AvgIpc) is 2.72. The number of ether oxygens (including phenoxy) is 2. The zero-order valence-corrected chi connectivity index (χ0v) is 21.5. The van der Waals surface area contributed by atoms with Crippen molar-refractivity contribution in [3.8, 4) is 0 Å². The summed E-state index contributed by atoms with van der Waals surface area (Å²) in [6.45, 7) is 12.8. The molecule has 0 fully saturated rings. The molecule has 2 aromatic carbocycles. The minimum atomic E-state index is -0.991. The highest BCUT2D eigenvalue weighted by Gasteiger charge is 2.34. The van der Waals surface area contributed by atoms with Crippen molar-refractivity contribution in [2.45, 2.75) is 70.9 Å². The molecule has 0 saturated carbocycles. The Kier molecular flexibility index (Phi) is 8.60. The Morgan fingerprint density at radius 1 is 1.12 bits per heavy atom. The minimum Gasteiger partial charge on any atom is -0.465 e. The molecule has 0 aromatic heterocycles. The zero-order valence-electron chi connectivity index (χ0n) is 20.7. The number of esters is 2. The SMILES string of the molecule is C=S(NC(C(=O)OC(C)(C)C)C(C)c1c(F)ccc(C)c1C)c1ccc(C)cc1C(=O)OC. The maximum Gasteiger partial charge on any atom is 0.339 e. The van der Waals surface area contributed by atoms with Gasteiger partial charge in [0.25, 0.3) is 0 Å². The second-order valence-electron chi connectivity index (χ2n) is 9.20. The molecule has 2 aromatic rings. The number of carbonyl (C=O) groups is 2. The third kappa shape index (κ3) is 6.51. The third-order valence-corrected chi connectivity index (χ3v) is 6.85. The highest BCUT2D eigenvalue weighted by Crippen LogP contribution is 2.33. The fourth-order valence-electron chi connectivity index (χ4n) is 3.59. The van der Waals surface area contributed by atoms with Gasteiger partial charge in [0.15, 0.2) is 0 Å². The lowest BCUT2D eigenvalue weighted by Gasteiger charge is -2.30. The molecule has 2 rings (SSSR count). The molecule has 0 saturated heterocycles. The van der Waals surface area contributed by atoms with Gasteiger partial charge >= 0.3 is 11.9 Å². The van der Waals surface area contributed by atoms with Crippen molar-refractivity contribution < 1.29 is 23.5 Å². The normalized spacial score (nSPS) is 14.3. The molecule has 0 heterocycles. The van der Waals surface area contributed by atoms with E-state index in [4.69, 9.17) is 9.47 Å². The summed E-state index contributed by atoms with van der Waals surface area (Å²) in [6, 6.07) is 7.62. The second kappa shape index (κ2) is 10.6. The maximum absolute atomic E-state index is 14.9. The molecule has 180 valence electrons. The highest BCUT2D eigenvalue weighted by molar-refractivity contribution is 8.12. The van der Waals surface area contributed by atoms with Gasteiger partial charge in [-0.15, -0.1) is 0 Å². The number of rotatable bonds is 7. The molecule has 33 heavy (non-hydrogen) atoms. The summed E-state index contributed by atoms with van der Waals surface area (Å²) in [5, 5.41) is 0. The Morgan fingerprint density at radius 3 is 2.33 bits per heavy atom. The Labute approximate surface area is 198 Å². The first kappa shape index (κ1) is 26.7. The standard InChI is InChI=1S/C26H34FNO4S/c1-15-10-13-21(19(14-15)24(29)31-8)33(9)28-23(25(30)32-26(5,6)7)18(4)22-17(3)16(2)11-12-20(22)27/h10-14,18,23,28H,9H2,1-8H3. The van der Waals surface area contributed by atoms with E-state index in [2.05, 4.69) is 10.6 Å². The summed E-state index contributed by atoms with van der Waals surface area (Å²) >= 11 is 0. The molecule has 7 heteroatoms. The van der Waals surface area contributed by atoms with E-state index in [0.29, 0.717) is 16.0 Å². The molecule has 0 bridgehead atoms. The molecule has 3 unspecified atom stereocenters. The largest absolute Gasteiger partial charge is 0.465 e. The summed E-state index contributed by atoms with van der Waals surface area (Å²) in [4.78, 5) is 26.2. The molecule has 1 N–H and O–H groups in total. The van der Waals surface area contributed by atoms with Gasteiger partial charge in [0.05, 0.1) is 12.7 Å². The fraction of sp³-hybridized carbons (Fsp3) is 0.423. The van der Waals surface area contributed by atoms with Crippen LogP contribution in [-0.4, -0.2) is 36.6 Å². The Bertz CT molecular complexity index is 1070. The van der Waals surface area contributed by atoms with Crippen LogP contribution in [-0.2, 0) is 14.3 Å². The molecule has 0 spiro atoms. The van der Waals surface area contributed by atoms with E-state index >= 15 is 0 Å². The van der Waals surface area contributed by atoms with Gasteiger partial charge in [-0.05, 0) is 76.4 Å². The number of hydrogen-bond acceptors (Lipinski definition) is 5. The van der Waals surface area contributed by atoms with E-state index in [1.165, 1.54) is 13.2 Å². The van der Waals surface area contributed by atoms with Gasteiger partial charge in [0.2, 0.25) is 0 Å². The molecule has 0 aliphatic rings. The van der Waals surface area contributed by atoms with Crippen LogP contribution in [0.3, 0.4) is 0 Å². The fourth-order valence-corrected chi connectivity index (χ4v) is 4.97. The predicted octanol–water partition coefficient (Wildman–Crippen LogP) is 5.62. The average molecular weight is 476 g/mol. The number of aryl methyl sites for hydroxylation is 2. The van der Waals surface area contributed by atoms with Crippen molar-refractivity contribution in [2.75, 3.05) is 7.11 Å². The Balaban J connectivity index is 2.53. The first-order chi connectivity index (χ1) is 15.3. The smallest absolute Gasteiger partial charge is 0.339 e. The van der Waals surface area contributed by atoms with Crippen molar-refractivity contribution in [3.05, 3.63) is 64.0 Å². The monoisotopic (exact) mass is 475 g/mol. The van der Waals surface area contributed by atoms with Crippen molar-refractivity contribution >= 4 is 28.5 Å². The van der Waals surface area contributed by atoms with E-state index in [0.717, 1.165) is 16.7 Å². The van der Waals surface area contributed by atoms with Crippen LogP contribution in [0.1, 0.15) is 66.2 Å². The molecule has 0 radical (unpaired) electrons. The number of methoxy groups -OCH3 is 1. The van der Waals surface area contributed by atoms with Crippen LogP contribution in [0.5, 0.6) is 0 Å². The van der Waals surface area contributed by atoms with Gasteiger partial charge in [0.1, 0.15) is 17.5 Å². The van der Waals surface area contributed by atoms with Crippen LogP contribution in [0.2, 0.25) is 0 Å². The van der Waals surface area contributed by atoms with Crippen molar-refractivity contribution in [1.29, 1.82) is 0 Å². The van der Waals surface area contributed by atoms with Crippen LogP contribution in [0.15, 0.2) is 35.2 Å². The first-order valence-electron chi connectivity index (χ1n) is 10.7. The van der Waals surface area contributed by atoms with Crippen molar-refractivity contribution in [3.63, 3.8) is 0 Å². The molecule has 0 amide bonds. The molecular formula is C26H34FNO4S. The number of nitrogens with one attached hydrogen (secondary N) is 1. The van der Waals surface area contributed by atoms with Crippen molar-refractivity contribution in [2.24, 2.45) is 0 Å². The van der Waals surface area contributed by atoms with E-state index in [1.807, 2.05) is 26.8 Å². The number of hydrogen-bond donors (Lipinski definition) is 1. The summed E-state index contributed by atoms with van der Waals surface area (Å²) in [5.41, 5.74) is 2.71. The van der Waals surface area contributed by atoms with Crippen LogP contribution in [0.4, 0.5) is 4.39 Å². The minimum absolute atomic E-state index is 0.372. The second-order valence-corrected chi connectivity index (χ2v) is 10.7. The topological polar surface area (TPSA) is 64.6 Å². The highest BCUT2D eigenvalue weighted by atomic mass is 32.2. The molecule has 5 nitrogen and oxygen atoms in total. The van der Waals surface area contributed by atoms with Crippen LogP contribution in [0.25, 0.3) is 0 Å². The summed E-state index contributed by atoms with van der Waals surface area (Å²) in [5.74, 6) is 2.25. The van der Waals surface area contributed by atoms with Crippen molar-refractivity contribution in [1.82, 2.24) is 4.72 Å².